The van der Waals surface area contributed by atoms with E-state index in [0.717, 1.165) is 27.8 Å². The van der Waals surface area contributed by atoms with Gasteiger partial charge in [0.05, 0.1) is 0 Å². The molecule has 0 bridgehead atoms. The van der Waals surface area contributed by atoms with Crippen LogP contribution in [-0.4, -0.2) is 10.2 Å². The number of hydrogen-bond donors (Lipinski definition) is 2. The van der Waals surface area contributed by atoms with E-state index in [0.29, 0.717) is 5.75 Å². The van der Waals surface area contributed by atoms with Crippen LogP contribution in [0.1, 0.15) is 16.7 Å². The van der Waals surface area contributed by atoms with Crippen LogP contribution in [0.2, 0.25) is 0 Å². The summed E-state index contributed by atoms with van der Waals surface area (Å²) in [5, 5.41) is 19.3. The Hall–Kier alpha value is -1.96. The van der Waals surface area contributed by atoms with Gasteiger partial charge in [-0.25, -0.2) is 0 Å². The summed E-state index contributed by atoms with van der Waals surface area (Å²) in [6.45, 7) is 5.70. The molecule has 0 aliphatic rings. The van der Waals surface area contributed by atoms with Gasteiger partial charge in [-0.15, -0.1) is 0 Å². The second kappa shape index (κ2) is 4.13. The molecule has 0 saturated carbocycles. The van der Waals surface area contributed by atoms with Crippen molar-refractivity contribution in [1.82, 2.24) is 0 Å². The summed E-state index contributed by atoms with van der Waals surface area (Å²) >= 11 is 0. The number of rotatable bonds is 1. The summed E-state index contributed by atoms with van der Waals surface area (Å²) in [5.74, 6) is 0.606. The lowest BCUT2D eigenvalue weighted by atomic mass is 9.98. The number of aromatic hydroxyl groups is 2. The quantitative estimate of drug-likeness (QED) is 0.781. The van der Waals surface area contributed by atoms with E-state index in [4.69, 9.17) is 0 Å². The highest BCUT2D eigenvalue weighted by molar-refractivity contribution is 5.69. The van der Waals surface area contributed by atoms with Crippen LogP contribution in [0.3, 0.4) is 0 Å². The molecule has 2 aromatic rings. The van der Waals surface area contributed by atoms with E-state index in [2.05, 4.69) is 0 Å². The lowest BCUT2D eigenvalue weighted by molar-refractivity contribution is 0.467. The van der Waals surface area contributed by atoms with E-state index in [1.807, 2.05) is 39.0 Å². The third-order valence-electron chi connectivity index (χ3n) is 2.89. The van der Waals surface area contributed by atoms with E-state index in [1.54, 1.807) is 12.1 Å². The average Bonchev–Trinajstić information content (AvgIpc) is 2.23. The van der Waals surface area contributed by atoms with E-state index in [9.17, 15) is 10.2 Å². The Balaban J connectivity index is 2.60. The van der Waals surface area contributed by atoms with Gasteiger partial charge in [0, 0.05) is 0 Å². The standard InChI is InChI=1S/C15H16O2/c1-9-4-12(8-14(16)5-9)13-6-10(2)15(17)11(3)7-13/h4-8,16-17H,1-3H3. The van der Waals surface area contributed by atoms with Crippen LogP contribution in [0.4, 0.5) is 0 Å². The maximum atomic E-state index is 9.74. The Bertz CT molecular complexity index is 528. The van der Waals surface area contributed by atoms with Crippen LogP contribution in [0, 0.1) is 20.8 Å². The van der Waals surface area contributed by atoms with Gasteiger partial charge in [0.2, 0.25) is 0 Å². The van der Waals surface area contributed by atoms with Gasteiger partial charge in [-0.2, -0.15) is 0 Å². The van der Waals surface area contributed by atoms with Crippen molar-refractivity contribution in [3.05, 3.63) is 47.0 Å². The molecule has 2 heteroatoms. The predicted octanol–water partition coefficient (Wildman–Crippen LogP) is 3.69. The molecule has 2 aromatic carbocycles. The highest BCUT2D eigenvalue weighted by Gasteiger charge is 2.06. The smallest absolute Gasteiger partial charge is 0.121 e. The molecular formula is C15H16O2. The number of phenolic OH excluding ortho intramolecular Hbond substituents is 2. The molecule has 2 N–H and O–H groups in total. The molecule has 0 radical (unpaired) electrons. The zero-order valence-corrected chi connectivity index (χ0v) is 10.3. The highest BCUT2D eigenvalue weighted by Crippen LogP contribution is 2.31. The fraction of sp³-hybridized carbons (Fsp3) is 0.200. The summed E-state index contributed by atoms with van der Waals surface area (Å²) in [6.07, 6.45) is 0. The third kappa shape index (κ3) is 2.26. The van der Waals surface area contributed by atoms with Gasteiger partial charge in [-0.05, 0) is 72.9 Å². The zero-order chi connectivity index (χ0) is 12.6. The molecule has 0 heterocycles. The SMILES string of the molecule is Cc1cc(O)cc(-c2cc(C)c(O)c(C)c2)c1. The second-order valence-electron chi connectivity index (χ2n) is 4.52. The van der Waals surface area contributed by atoms with Gasteiger partial charge >= 0.3 is 0 Å². The number of benzene rings is 2. The Morgan fingerprint density at radius 3 is 1.76 bits per heavy atom. The molecule has 0 atom stereocenters. The molecule has 0 saturated heterocycles. The molecule has 0 fully saturated rings. The normalized spacial score (nSPS) is 10.5. The van der Waals surface area contributed by atoms with Crippen molar-refractivity contribution in [2.24, 2.45) is 0 Å². The molecule has 0 amide bonds. The summed E-state index contributed by atoms with van der Waals surface area (Å²) in [4.78, 5) is 0. The third-order valence-corrected chi connectivity index (χ3v) is 2.89. The first-order valence-corrected chi connectivity index (χ1v) is 5.58. The molecule has 88 valence electrons. The van der Waals surface area contributed by atoms with Crippen LogP contribution in [0.5, 0.6) is 11.5 Å². The van der Waals surface area contributed by atoms with Crippen molar-refractivity contribution in [1.29, 1.82) is 0 Å². The van der Waals surface area contributed by atoms with Gasteiger partial charge in [-0.3, -0.25) is 0 Å². The molecule has 0 aromatic heterocycles. The first-order chi connectivity index (χ1) is 7.97. The first kappa shape index (κ1) is 11.5. The molecule has 2 nitrogen and oxygen atoms in total. The lowest BCUT2D eigenvalue weighted by Crippen LogP contribution is -1.85. The van der Waals surface area contributed by atoms with Crippen molar-refractivity contribution in [2.75, 3.05) is 0 Å². The van der Waals surface area contributed by atoms with Crippen molar-refractivity contribution < 1.29 is 10.2 Å². The molecule has 17 heavy (non-hydrogen) atoms. The fourth-order valence-electron chi connectivity index (χ4n) is 2.05. The monoisotopic (exact) mass is 228 g/mol. The lowest BCUT2D eigenvalue weighted by Gasteiger charge is -2.09. The van der Waals surface area contributed by atoms with E-state index < -0.39 is 0 Å². The molecule has 0 unspecified atom stereocenters. The fourth-order valence-corrected chi connectivity index (χ4v) is 2.05. The largest absolute Gasteiger partial charge is 0.508 e. The minimum Gasteiger partial charge on any atom is -0.508 e. The molecule has 0 spiro atoms. The summed E-state index contributed by atoms with van der Waals surface area (Å²) in [6, 6.07) is 9.33. The first-order valence-electron chi connectivity index (χ1n) is 5.58. The number of aryl methyl sites for hydroxylation is 3. The Kier molecular flexibility index (Phi) is 2.80. The maximum Gasteiger partial charge on any atom is 0.121 e. The summed E-state index contributed by atoms with van der Waals surface area (Å²) in [7, 11) is 0. The number of hydrogen-bond acceptors (Lipinski definition) is 2. The van der Waals surface area contributed by atoms with Crippen molar-refractivity contribution >= 4 is 0 Å². The Morgan fingerprint density at radius 1 is 0.706 bits per heavy atom. The van der Waals surface area contributed by atoms with Crippen LogP contribution in [0.15, 0.2) is 30.3 Å². The maximum absolute atomic E-state index is 9.74. The summed E-state index contributed by atoms with van der Waals surface area (Å²) < 4.78 is 0. The van der Waals surface area contributed by atoms with Gasteiger partial charge in [-0.1, -0.05) is 6.07 Å². The predicted molar refractivity (Wildman–Crippen MR) is 69.4 cm³/mol. The van der Waals surface area contributed by atoms with E-state index in [1.165, 1.54) is 0 Å². The van der Waals surface area contributed by atoms with Crippen LogP contribution >= 0.6 is 0 Å². The van der Waals surface area contributed by atoms with Gasteiger partial charge in [0.15, 0.2) is 0 Å². The Morgan fingerprint density at radius 2 is 1.24 bits per heavy atom. The van der Waals surface area contributed by atoms with Gasteiger partial charge in [0.1, 0.15) is 11.5 Å². The molecular weight excluding hydrogens is 212 g/mol. The van der Waals surface area contributed by atoms with Crippen molar-refractivity contribution in [2.45, 2.75) is 20.8 Å². The summed E-state index contributed by atoms with van der Waals surface area (Å²) in [5.41, 5.74) is 4.69. The molecule has 0 aliphatic heterocycles. The van der Waals surface area contributed by atoms with Crippen LogP contribution in [-0.2, 0) is 0 Å². The highest BCUT2D eigenvalue weighted by atomic mass is 16.3. The Labute approximate surface area is 101 Å². The molecule has 0 aliphatic carbocycles. The van der Waals surface area contributed by atoms with Gasteiger partial charge < -0.3 is 10.2 Å². The minimum atomic E-state index is 0.267. The zero-order valence-electron chi connectivity index (χ0n) is 10.3. The molecule has 2 rings (SSSR count). The number of phenols is 2. The van der Waals surface area contributed by atoms with E-state index >= 15 is 0 Å². The average molecular weight is 228 g/mol. The second-order valence-corrected chi connectivity index (χ2v) is 4.52. The van der Waals surface area contributed by atoms with Gasteiger partial charge in [0.25, 0.3) is 0 Å². The van der Waals surface area contributed by atoms with Crippen LogP contribution < -0.4 is 0 Å². The topological polar surface area (TPSA) is 40.5 Å². The van der Waals surface area contributed by atoms with E-state index in [-0.39, 0.29) is 5.75 Å². The van der Waals surface area contributed by atoms with Crippen molar-refractivity contribution in [3.63, 3.8) is 0 Å². The van der Waals surface area contributed by atoms with Crippen molar-refractivity contribution in [3.8, 4) is 22.6 Å². The van der Waals surface area contributed by atoms with Crippen LogP contribution in [0.25, 0.3) is 11.1 Å². The minimum absolute atomic E-state index is 0.267.